The smallest absolute Gasteiger partial charge is 0.337 e. The largest absolute Gasteiger partial charge is 0.460 e. The van der Waals surface area contributed by atoms with Crippen molar-refractivity contribution in [2.45, 2.75) is 46.1 Å². The van der Waals surface area contributed by atoms with Crippen LogP contribution in [0, 0.1) is 6.92 Å². The first kappa shape index (κ1) is 19.0. The summed E-state index contributed by atoms with van der Waals surface area (Å²) in [4.78, 5) is 13.0. The number of rotatable bonds is 5. The number of allylic oxidation sites excluding steroid dienone is 2. The van der Waals surface area contributed by atoms with Gasteiger partial charge in [0.05, 0.1) is 11.7 Å². The van der Waals surface area contributed by atoms with Gasteiger partial charge >= 0.3 is 5.97 Å². The molecule has 140 valence electrons. The molecule has 0 radical (unpaired) electrons. The molecule has 0 amide bonds. The van der Waals surface area contributed by atoms with E-state index in [9.17, 15) is 4.79 Å². The Hall–Kier alpha value is -2.81. The van der Waals surface area contributed by atoms with Crippen molar-refractivity contribution in [1.29, 1.82) is 0 Å². The number of hydrogen-bond donors (Lipinski definition) is 1. The molecule has 1 aliphatic carbocycles. The monoisotopic (exact) mass is 361 g/mol. The average molecular weight is 361 g/mol. The van der Waals surface area contributed by atoms with Gasteiger partial charge in [0.2, 0.25) is 0 Å². The van der Waals surface area contributed by atoms with Gasteiger partial charge in [-0.05, 0) is 57.9 Å². The number of aryl methyl sites for hydroxylation is 1. The first-order valence-corrected chi connectivity index (χ1v) is 9.45. The fraction of sp³-hybridized carbons (Fsp3) is 0.292. The third-order valence-electron chi connectivity index (χ3n) is 4.65. The summed E-state index contributed by atoms with van der Waals surface area (Å²) in [6.07, 6.45) is 2.72. The van der Waals surface area contributed by atoms with Crippen molar-refractivity contribution >= 4 is 11.7 Å². The Balaban J connectivity index is 2.06. The molecule has 0 fully saturated rings. The Bertz CT molecular complexity index is 861. The second-order valence-electron chi connectivity index (χ2n) is 7.43. The van der Waals surface area contributed by atoms with Crippen LogP contribution in [0.15, 0.2) is 77.5 Å². The van der Waals surface area contributed by atoms with Gasteiger partial charge in [0.25, 0.3) is 0 Å². The van der Waals surface area contributed by atoms with Crippen LogP contribution in [0.1, 0.15) is 44.2 Å². The summed E-state index contributed by atoms with van der Waals surface area (Å²) in [7, 11) is 0. The zero-order valence-corrected chi connectivity index (χ0v) is 16.5. The predicted octanol–water partition coefficient (Wildman–Crippen LogP) is 5.75. The molecule has 27 heavy (non-hydrogen) atoms. The summed E-state index contributed by atoms with van der Waals surface area (Å²) in [5, 5.41) is 3.44. The fourth-order valence-corrected chi connectivity index (χ4v) is 3.39. The van der Waals surface area contributed by atoms with Gasteiger partial charge in [-0.3, -0.25) is 0 Å². The first-order chi connectivity index (χ1) is 12.9. The van der Waals surface area contributed by atoms with Crippen LogP contribution in [-0.4, -0.2) is 12.1 Å². The molecule has 0 unspecified atom stereocenters. The second kappa shape index (κ2) is 8.26. The van der Waals surface area contributed by atoms with Crippen molar-refractivity contribution in [3.8, 4) is 0 Å². The van der Waals surface area contributed by atoms with E-state index in [1.807, 2.05) is 44.2 Å². The number of hydrogen-bond acceptors (Lipinski definition) is 3. The molecule has 3 rings (SSSR count). The van der Waals surface area contributed by atoms with Crippen LogP contribution >= 0.6 is 0 Å². The Morgan fingerprint density at radius 3 is 2.33 bits per heavy atom. The molecule has 0 heterocycles. The fourth-order valence-electron chi connectivity index (χ4n) is 3.39. The Labute approximate surface area is 161 Å². The van der Waals surface area contributed by atoms with Crippen molar-refractivity contribution in [2.75, 3.05) is 5.32 Å². The first-order valence-electron chi connectivity index (χ1n) is 9.45. The van der Waals surface area contributed by atoms with Crippen molar-refractivity contribution in [1.82, 2.24) is 0 Å². The van der Waals surface area contributed by atoms with Crippen LogP contribution in [0.25, 0.3) is 0 Å². The maximum Gasteiger partial charge on any atom is 0.337 e. The van der Waals surface area contributed by atoms with E-state index >= 15 is 0 Å². The van der Waals surface area contributed by atoms with Crippen molar-refractivity contribution in [2.24, 2.45) is 0 Å². The molecule has 3 nitrogen and oxygen atoms in total. The van der Waals surface area contributed by atoms with E-state index in [0.29, 0.717) is 5.57 Å². The molecule has 3 heteroatoms. The molecule has 1 N–H and O–H groups in total. The molecule has 0 aromatic heterocycles. The number of carbonyl (C=O) groups excluding carboxylic acids is 1. The molecule has 2 aromatic rings. The summed E-state index contributed by atoms with van der Waals surface area (Å²) < 4.78 is 5.60. The summed E-state index contributed by atoms with van der Waals surface area (Å²) in [5.74, 6) is -0.271. The van der Waals surface area contributed by atoms with E-state index in [1.165, 1.54) is 11.1 Å². The normalized spacial score (nSPS) is 16.9. The van der Waals surface area contributed by atoms with E-state index < -0.39 is 0 Å². The molecule has 0 saturated heterocycles. The zero-order valence-electron chi connectivity index (χ0n) is 16.5. The lowest BCUT2D eigenvalue weighted by Gasteiger charge is -2.28. The molecule has 0 saturated carbocycles. The minimum atomic E-state index is -0.253. The standard InChI is InChI=1S/C24H27NO2/c1-16(2)27-24(26)23-21(19-8-6-5-7-9-19)14-18(4)15-22(23)25-20-12-10-17(3)11-13-20/h5-13,15-16,21,25H,14H2,1-4H3/t21-/m0/s1. The van der Waals surface area contributed by atoms with Crippen LogP contribution in [0.4, 0.5) is 5.69 Å². The van der Waals surface area contributed by atoms with Gasteiger partial charge in [0.1, 0.15) is 0 Å². The highest BCUT2D eigenvalue weighted by atomic mass is 16.5. The maximum atomic E-state index is 13.0. The third-order valence-corrected chi connectivity index (χ3v) is 4.65. The van der Waals surface area contributed by atoms with Gasteiger partial charge in [0.15, 0.2) is 0 Å². The number of carbonyl (C=O) groups is 1. The SMILES string of the molecule is CC1=CC(Nc2ccc(C)cc2)=C(C(=O)OC(C)C)[C@H](c2ccccc2)C1. The van der Waals surface area contributed by atoms with Crippen LogP contribution in [0.2, 0.25) is 0 Å². The molecule has 0 spiro atoms. The topological polar surface area (TPSA) is 38.3 Å². The van der Waals surface area contributed by atoms with Crippen LogP contribution in [0.5, 0.6) is 0 Å². The highest BCUT2D eigenvalue weighted by molar-refractivity contribution is 5.93. The van der Waals surface area contributed by atoms with E-state index in [1.54, 1.807) is 0 Å². The average Bonchev–Trinajstić information content (AvgIpc) is 2.63. The highest BCUT2D eigenvalue weighted by Gasteiger charge is 2.31. The Kier molecular flexibility index (Phi) is 5.80. The summed E-state index contributed by atoms with van der Waals surface area (Å²) in [5.41, 5.74) is 6.04. The summed E-state index contributed by atoms with van der Waals surface area (Å²) in [6, 6.07) is 18.4. The number of ether oxygens (including phenoxy) is 1. The van der Waals surface area contributed by atoms with Gasteiger partial charge in [0, 0.05) is 17.3 Å². The van der Waals surface area contributed by atoms with E-state index in [2.05, 4.69) is 49.5 Å². The lowest BCUT2D eigenvalue weighted by Crippen LogP contribution is -2.24. The van der Waals surface area contributed by atoms with E-state index in [0.717, 1.165) is 23.4 Å². The summed E-state index contributed by atoms with van der Waals surface area (Å²) in [6.45, 7) is 7.93. The lowest BCUT2D eigenvalue weighted by molar-refractivity contribution is -0.143. The van der Waals surface area contributed by atoms with Crippen molar-refractivity contribution in [3.05, 3.63) is 88.6 Å². The molecule has 2 aromatic carbocycles. The lowest BCUT2D eigenvalue weighted by atomic mass is 9.81. The van der Waals surface area contributed by atoms with Crippen molar-refractivity contribution in [3.63, 3.8) is 0 Å². The number of esters is 1. The molecule has 1 atom stereocenters. The third kappa shape index (κ3) is 4.68. The van der Waals surface area contributed by atoms with Crippen LogP contribution < -0.4 is 5.32 Å². The minimum Gasteiger partial charge on any atom is -0.460 e. The Morgan fingerprint density at radius 1 is 1.04 bits per heavy atom. The van der Waals surface area contributed by atoms with Crippen LogP contribution in [-0.2, 0) is 9.53 Å². The number of nitrogens with one attached hydrogen (secondary N) is 1. The zero-order chi connectivity index (χ0) is 19.4. The quantitative estimate of drug-likeness (QED) is 0.690. The molecular weight excluding hydrogens is 334 g/mol. The molecule has 0 bridgehead atoms. The van der Waals surface area contributed by atoms with Crippen molar-refractivity contribution < 1.29 is 9.53 Å². The maximum absolute atomic E-state index is 13.0. The Morgan fingerprint density at radius 2 is 1.70 bits per heavy atom. The van der Waals surface area contributed by atoms with Gasteiger partial charge in [-0.2, -0.15) is 0 Å². The minimum absolute atomic E-state index is 0.0181. The number of anilines is 1. The highest BCUT2D eigenvalue weighted by Crippen LogP contribution is 2.38. The van der Waals surface area contributed by atoms with Crippen LogP contribution in [0.3, 0.4) is 0 Å². The van der Waals surface area contributed by atoms with Gasteiger partial charge in [-0.25, -0.2) is 4.79 Å². The summed E-state index contributed by atoms with van der Waals surface area (Å²) >= 11 is 0. The molecule has 0 aliphatic heterocycles. The molecular formula is C24H27NO2. The second-order valence-corrected chi connectivity index (χ2v) is 7.43. The van der Waals surface area contributed by atoms with E-state index in [-0.39, 0.29) is 18.0 Å². The number of benzene rings is 2. The van der Waals surface area contributed by atoms with Gasteiger partial charge in [-0.15, -0.1) is 0 Å². The van der Waals surface area contributed by atoms with Gasteiger partial charge in [-0.1, -0.05) is 53.6 Å². The van der Waals surface area contributed by atoms with Gasteiger partial charge < -0.3 is 10.1 Å². The van der Waals surface area contributed by atoms with E-state index in [4.69, 9.17) is 4.74 Å². The predicted molar refractivity (Wildman–Crippen MR) is 111 cm³/mol. The molecule has 1 aliphatic rings.